The Hall–Kier alpha value is -0.660. The van der Waals surface area contributed by atoms with E-state index < -0.39 is 0 Å². The second kappa shape index (κ2) is 11.4. The van der Waals surface area contributed by atoms with Crippen molar-refractivity contribution in [3.63, 3.8) is 0 Å². The van der Waals surface area contributed by atoms with Crippen LogP contribution in [0.2, 0.25) is 0 Å². The predicted octanol–water partition coefficient (Wildman–Crippen LogP) is 3.78. The highest BCUT2D eigenvalue weighted by Crippen LogP contribution is 1.96. The van der Waals surface area contributed by atoms with Crippen LogP contribution in [0.5, 0.6) is 0 Å². The van der Waals surface area contributed by atoms with Gasteiger partial charge in [-0.05, 0) is 12.8 Å². The summed E-state index contributed by atoms with van der Waals surface area (Å²) in [4.78, 5) is 21.2. The van der Waals surface area contributed by atoms with Crippen molar-refractivity contribution in [2.75, 3.05) is 0 Å². The van der Waals surface area contributed by atoms with E-state index in [2.05, 4.69) is 0 Å². The first-order valence-corrected chi connectivity index (χ1v) is 6.03. The van der Waals surface area contributed by atoms with E-state index in [9.17, 15) is 9.59 Å². The van der Waals surface area contributed by atoms with Gasteiger partial charge in [0.05, 0.1) is 0 Å². The van der Waals surface area contributed by atoms with Crippen molar-refractivity contribution in [2.24, 2.45) is 5.92 Å². The van der Waals surface area contributed by atoms with Gasteiger partial charge in [-0.3, -0.25) is 9.59 Å². The van der Waals surface area contributed by atoms with Gasteiger partial charge in [-0.2, -0.15) is 0 Å². The third kappa shape index (κ3) is 13.3. The fourth-order valence-corrected chi connectivity index (χ4v) is 1.09. The second-order valence-corrected chi connectivity index (χ2v) is 4.01. The Balaban J connectivity index is 0. The van der Waals surface area contributed by atoms with Crippen LogP contribution in [-0.4, -0.2) is 11.6 Å². The lowest BCUT2D eigenvalue weighted by atomic mass is 10.1. The molecule has 0 saturated carbocycles. The fourth-order valence-electron chi connectivity index (χ4n) is 1.09. The smallest absolute Gasteiger partial charge is 0.135 e. The molecule has 2 nitrogen and oxygen atoms in total. The third-order valence-corrected chi connectivity index (χ3v) is 2.05. The third-order valence-electron chi connectivity index (χ3n) is 2.05. The van der Waals surface area contributed by atoms with E-state index in [0.29, 0.717) is 18.0 Å². The zero-order valence-corrected chi connectivity index (χ0v) is 10.9. The van der Waals surface area contributed by atoms with Gasteiger partial charge in [0.15, 0.2) is 0 Å². The summed E-state index contributed by atoms with van der Waals surface area (Å²) in [5.41, 5.74) is 0. The Morgan fingerprint density at radius 1 is 0.933 bits per heavy atom. The average molecular weight is 214 g/mol. The topological polar surface area (TPSA) is 34.1 Å². The van der Waals surface area contributed by atoms with Gasteiger partial charge in [-0.15, -0.1) is 0 Å². The lowest BCUT2D eigenvalue weighted by Crippen LogP contribution is -2.03. The number of carbonyl (C=O) groups excluding carboxylic acids is 2. The monoisotopic (exact) mass is 214 g/mol. The first-order valence-electron chi connectivity index (χ1n) is 6.03. The van der Waals surface area contributed by atoms with Crippen LogP contribution in [0.4, 0.5) is 0 Å². The molecule has 0 saturated heterocycles. The minimum absolute atomic E-state index is 0.227. The molecule has 0 aromatic carbocycles. The highest BCUT2D eigenvalue weighted by molar-refractivity contribution is 5.79. The van der Waals surface area contributed by atoms with Gasteiger partial charge < -0.3 is 0 Å². The molecule has 90 valence electrons. The Morgan fingerprint density at radius 2 is 1.33 bits per heavy atom. The van der Waals surface area contributed by atoms with Crippen molar-refractivity contribution in [1.29, 1.82) is 0 Å². The molecule has 0 heterocycles. The summed E-state index contributed by atoms with van der Waals surface area (Å²) in [5.74, 6) is 0.986. The van der Waals surface area contributed by atoms with Crippen LogP contribution in [0.3, 0.4) is 0 Å². The number of hydrogen-bond acceptors (Lipinski definition) is 2. The molecule has 0 aliphatic heterocycles. The molecule has 0 aromatic heterocycles. The van der Waals surface area contributed by atoms with E-state index in [4.69, 9.17) is 0 Å². The van der Waals surface area contributed by atoms with Crippen LogP contribution in [0.15, 0.2) is 0 Å². The summed E-state index contributed by atoms with van der Waals surface area (Å²) >= 11 is 0. The molecule has 0 spiro atoms. The van der Waals surface area contributed by atoms with E-state index >= 15 is 0 Å². The van der Waals surface area contributed by atoms with Crippen molar-refractivity contribution in [3.05, 3.63) is 0 Å². The molecule has 0 fully saturated rings. The molecule has 0 amide bonds. The zero-order chi connectivity index (χ0) is 12.3. The number of ketones is 2. The molecule has 0 aromatic rings. The zero-order valence-electron chi connectivity index (χ0n) is 10.9. The maximum atomic E-state index is 10.6. The molecular weight excluding hydrogens is 188 g/mol. The van der Waals surface area contributed by atoms with Crippen molar-refractivity contribution in [2.45, 2.75) is 66.7 Å². The maximum Gasteiger partial charge on any atom is 0.135 e. The molecule has 0 unspecified atom stereocenters. The van der Waals surface area contributed by atoms with Crippen LogP contribution >= 0.6 is 0 Å². The van der Waals surface area contributed by atoms with Gasteiger partial charge >= 0.3 is 0 Å². The molecular formula is C13H26O2. The van der Waals surface area contributed by atoms with Gasteiger partial charge in [-0.1, -0.05) is 34.6 Å². The van der Waals surface area contributed by atoms with Crippen LogP contribution in [-0.2, 0) is 9.59 Å². The number of Topliss-reactive ketones (excluding diaryl/α,β-unsaturated/α-hetero) is 2. The second-order valence-electron chi connectivity index (χ2n) is 4.01. The van der Waals surface area contributed by atoms with Crippen LogP contribution in [0.1, 0.15) is 66.7 Å². The standard InChI is InChI=1S/C7H14O.C6H12O/c1-3-5-7(8)6-4-2;1-4-6(7)5(2)3/h3-6H2,1-2H3;5H,4H2,1-3H3. The van der Waals surface area contributed by atoms with Crippen LogP contribution < -0.4 is 0 Å². The number of rotatable bonds is 6. The van der Waals surface area contributed by atoms with Crippen LogP contribution in [0, 0.1) is 5.92 Å². The quantitative estimate of drug-likeness (QED) is 0.674. The molecule has 0 aliphatic carbocycles. The molecule has 2 heteroatoms. The largest absolute Gasteiger partial charge is 0.300 e. The Labute approximate surface area is 94.4 Å². The molecule has 0 rings (SSSR count). The number of carbonyl (C=O) groups is 2. The first-order chi connectivity index (χ1) is 6.99. The summed E-state index contributed by atoms with van der Waals surface area (Å²) in [5, 5.41) is 0. The van der Waals surface area contributed by atoms with E-state index in [1.165, 1.54) is 0 Å². The minimum Gasteiger partial charge on any atom is -0.300 e. The maximum absolute atomic E-state index is 10.6. The van der Waals surface area contributed by atoms with Crippen molar-refractivity contribution in [3.8, 4) is 0 Å². The van der Waals surface area contributed by atoms with E-state index in [1.54, 1.807) is 0 Å². The highest BCUT2D eigenvalue weighted by atomic mass is 16.1. The number of hydrogen-bond donors (Lipinski definition) is 0. The summed E-state index contributed by atoms with van der Waals surface area (Å²) < 4.78 is 0. The average Bonchev–Trinajstić information content (AvgIpc) is 2.18. The Bertz CT molecular complexity index is 163. The minimum atomic E-state index is 0.227. The molecule has 0 atom stereocenters. The fraction of sp³-hybridized carbons (Fsp3) is 0.846. The Morgan fingerprint density at radius 3 is 1.47 bits per heavy atom. The summed E-state index contributed by atoms with van der Waals surface area (Å²) in [7, 11) is 0. The SMILES string of the molecule is CCC(=O)C(C)C.CCCC(=O)CCC. The summed E-state index contributed by atoms with van der Waals surface area (Å²) in [6, 6.07) is 0. The normalized spacial score (nSPS) is 9.47. The first kappa shape index (κ1) is 16.8. The Kier molecular flexibility index (Phi) is 12.8. The van der Waals surface area contributed by atoms with E-state index in [-0.39, 0.29) is 5.92 Å². The van der Waals surface area contributed by atoms with Gasteiger partial charge in [0.1, 0.15) is 11.6 Å². The van der Waals surface area contributed by atoms with Gasteiger partial charge in [0.2, 0.25) is 0 Å². The molecule has 0 N–H and O–H groups in total. The summed E-state index contributed by atoms with van der Waals surface area (Å²) in [6.07, 6.45) is 4.22. The molecule has 0 bridgehead atoms. The predicted molar refractivity (Wildman–Crippen MR) is 65.0 cm³/mol. The van der Waals surface area contributed by atoms with Crippen LogP contribution in [0.25, 0.3) is 0 Å². The molecule has 15 heavy (non-hydrogen) atoms. The lowest BCUT2D eigenvalue weighted by molar-refractivity contribution is -0.121. The van der Waals surface area contributed by atoms with E-state index in [0.717, 1.165) is 25.7 Å². The van der Waals surface area contributed by atoms with Crippen molar-refractivity contribution < 1.29 is 9.59 Å². The van der Waals surface area contributed by atoms with Gasteiger partial charge in [0, 0.05) is 25.2 Å². The van der Waals surface area contributed by atoms with Crippen molar-refractivity contribution >= 4 is 11.6 Å². The highest BCUT2D eigenvalue weighted by Gasteiger charge is 2.00. The summed E-state index contributed by atoms with van der Waals surface area (Å²) in [6.45, 7) is 9.81. The van der Waals surface area contributed by atoms with Crippen molar-refractivity contribution in [1.82, 2.24) is 0 Å². The van der Waals surface area contributed by atoms with E-state index in [1.807, 2.05) is 34.6 Å². The lowest BCUT2D eigenvalue weighted by Gasteiger charge is -1.96. The molecule has 0 radical (unpaired) electrons. The van der Waals surface area contributed by atoms with Gasteiger partial charge in [0.25, 0.3) is 0 Å². The molecule has 0 aliphatic rings. The van der Waals surface area contributed by atoms with Gasteiger partial charge in [-0.25, -0.2) is 0 Å².